The highest BCUT2D eigenvalue weighted by molar-refractivity contribution is 9.10. The van der Waals surface area contributed by atoms with E-state index in [1.54, 1.807) is 11.3 Å². The van der Waals surface area contributed by atoms with Crippen molar-refractivity contribution in [3.8, 4) is 0 Å². The Morgan fingerprint density at radius 1 is 1.40 bits per heavy atom. The van der Waals surface area contributed by atoms with Gasteiger partial charge in [-0.1, -0.05) is 12.1 Å². The first-order valence-electron chi connectivity index (χ1n) is 4.53. The number of nitrogens with one attached hydrogen (secondary N) is 1. The van der Waals surface area contributed by atoms with Crippen LogP contribution in [0.2, 0.25) is 0 Å². The maximum absolute atomic E-state index is 5.91. The average molecular weight is 283 g/mol. The Labute approximate surface area is 101 Å². The van der Waals surface area contributed by atoms with Gasteiger partial charge in [0.05, 0.1) is 16.4 Å². The van der Waals surface area contributed by atoms with Crippen LogP contribution in [0.1, 0.15) is 5.56 Å². The summed E-state index contributed by atoms with van der Waals surface area (Å²) in [5, 5.41) is 6.45. The molecule has 0 amide bonds. The highest BCUT2D eigenvalue weighted by atomic mass is 79.9. The van der Waals surface area contributed by atoms with Crippen LogP contribution in [0.3, 0.4) is 0 Å². The molecule has 3 N–H and O–H groups in total. The van der Waals surface area contributed by atoms with Gasteiger partial charge in [0, 0.05) is 9.85 Å². The second-order valence-corrected chi connectivity index (χ2v) is 5.12. The molecule has 2 aromatic rings. The van der Waals surface area contributed by atoms with Crippen molar-refractivity contribution in [1.29, 1.82) is 0 Å². The van der Waals surface area contributed by atoms with Crippen molar-refractivity contribution in [3.05, 3.63) is 39.7 Å². The van der Waals surface area contributed by atoms with E-state index in [2.05, 4.69) is 21.2 Å². The van der Waals surface area contributed by atoms with Crippen molar-refractivity contribution in [2.24, 2.45) is 0 Å². The van der Waals surface area contributed by atoms with Gasteiger partial charge < -0.3 is 11.1 Å². The molecular formula is C11H11BrN2S. The maximum Gasteiger partial charge on any atom is 0.0938 e. The zero-order valence-corrected chi connectivity index (χ0v) is 10.7. The number of hydrogen-bond donors (Lipinski definition) is 2. The molecule has 4 heteroatoms. The van der Waals surface area contributed by atoms with Crippen LogP contribution in [0.15, 0.2) is 34.1 Å². The quantitative estimate of drug-likeness (QED) is 0.813. The third-order valence-corrected chi connectivity index (χ3v) is 3.73. The summed E-state index contributed by atoms with van der Waals surface area (Å²) >= 11 is 5.07. The van der Waals surface area contributed by atoms with E-state index in [9.17, 15) is 0 Å². The van der Waals surface area contributed by atoms with Crippen molar-refractivity contribution in [3.63, 3.8) is 0 Å². The minimum Gasteiger partial charge on any atom is -0.397 e. The number of benzene rings is 1. The van der Waals surface area contributed by atoms with Gasteiger partial charge in [0.2, 0.25) is 0 Å². The van der Waals surface area contributed by atoms with E-state index >= 15 is 0 Å². The van der Waals surface area contributed by atoms with Crippen molar-refractivity contribution in [1.82, 2.24) is 0 Å². The predicted molar refractivity (Wildman–Crippen MR) is 70.9 cm³/mol. The molecule has 0 fully saturated rings. The summed E-state index contributed by atoms with van der Waals surface area (Å²) in [6.07, 6.45) is 0. The molecule has 0 atom stereocenters. The first-order valence-corrected chi connectivity index (χ1v) is 6.20. The molecule has 0 saturated carbocycles. The van der Waals surface area contributed by atoms with E-state index in [-0.39, 0.29) is 0 Å². The summed E-state index contributed by atoms with van der Waals surface area (Å²) in [6, 6.07) is 7.94. The van der Waals surface area contributed by atoms with Crippen LogP contribution in [0.5, 0.6) is 0 Å². The Kier molecular flexibility index (Phi) is 2.98. The second-order valence-electron chi connectivity index (χ2n) is 3.29. The number of rotatable bonds is 2. The Balaban J connectivity index is 2.31. The number of hydrogen-bond acceptors (Lipinski definition) is 3. The number of nitrogens with two attached hydrogens (primary N) is 1. The molecule has 0 spiro atoms. The smallest absolute Gasteiger partial charge is 0.0938 e. The molecule has 0 aliphatic rings. The minimum atomic E-state index is 0.777. The van der Waals surface area contributed by atoms with Gasteiger partial charge in [-0.3, -0.25) is 0 Å². The van der Waals surface area contributed by atoms with Gasteiger partial charge in [-0.25, -0.2) is 0 Å². The summed E-state index contributed by atoms with van der Waals surface area (Å²) in [5.41, 5.74) is 8.83. The molecule has 1 aromatic carbocycles. The van der Waals surface area contributed by atoms with Gasteiger partial charge in [-0.2, -0.15) is 0 Å². The van der Waals surface area contributed by atoms with Crippen molar-refractivity contribution >= 4 is 43.6 Å². The molecule has 0 saturated heterocycles. The maximum atomic E-state index is 5.91. The van der Waals surface area contributed by atoms with E-state index < -0.39 is 0 Å². The number of para-hydroxylation sites is 1. The van der Waals surface area contributed by atoms with Crippen LogP contribution in [0.4, 0.5) is 16.4 Å². The summed E-state index contributed by atoms with van der Waals surface area (Å²) in [5.74, 6) is 0. The standard InChI is InChI=1S/C11H11BrN2S/c1-7-3-2-4-9(13)11(7)14-10-5-8(12)6-15-10/h2-6,14H,13H2,1H3. The number of halogens is 1. The van der Waals surface area contributed by atoms with Gasteiger partial charge in [0.1, 0.15) is 0 Å². The highest BCUT2D eigenvalue weighted by Crippen LogP contribution is 2.31. The minimum absolute atomic E-state index is 0.777. The van der Waals surface area contributed by atoms with Gasteiger partial charge in [0.15, 0.2) is 0 Å². The third kappa shape index (κ3) is 2.33. The van der Waals surface area contributed by atoms with Gasteiger partial charge in [-0.15, -0.1) is 11.3 Å². The Morgan fingerprint density at radius 2 is 2.20 bits per heavy atom. The van der Waals surface area contributed by atoms with Crippen molar-refractivity contribution in [2.45, 2.75) is 6.92 Å². The summed E-state index contributed by atoms with van der Waals surface area (Å²) in [6.45, 7) is 2.04. The fourth-order valence-corrected chi connectivity index (χ4v) is 2.69. The molecule has 78 valence electrons. The van der Waals surface area contributed by atoms with E-state index in [0.29, 0.717) is 0 Å². The molecule has 0 aliphatic heterocycles. The lowest BCUT2D eigenvalue weighted by Gasteiger charge is -2.10. The average Bonchev–Trinajstić information content (AvgIpc) is 2.58. The van der Waals surface area contributed by atoms with Crippen LogP contribution in [0, 0.1) is 6.92 Å². The summed E-state index contributed by atoms with van der Waals surface area (Å²) in [7, 11) is 0. The zero-order chi connectivity index (χ0) is 10.8. The molecule has 0 bridgehead atoms. The molecule has 0 aliphatic carbocycles. The lowest BCUT2D eigenvalue weighted by molar-refractivity contribution is 1.45. The van der Waals surface area contributed by atoms with Gasteiger partial charge in [0.25, 0.3) is 0 Å². The summed E-state index contributed by atoms with van der Waals surface area (Å²) < 4.78 is 1.09. The molecule has 2 rings (SSSR count). The monoisotopic (exact) mass is 282 g/mol. The zero-order valence-electron chi connectivity index (χ0n) is 8.25. The van der Waals surface area contributed by atoms with Crippen LogP contribution in [-0.4, -0.2) is 0 Å². The fourth-order valence-electron chi connectivity index (χ4n) is 1.36. The van der Waals surface area contributed by atoms with Crippen molar-refractivity contribution < 1.29 is 0 Å². The van der Waals surface area contributed by atoms with E-state index in [4.69, 9.17) is 5.73 Å². The van der Waals surface area contributed by atoms with E-state index in [0.717, 1.165) is 26.4 Å². The lowest BCUT2D eigenvalue weighted by atomic mass is 10.2. The van der Waals surface area contributed by atoms with Crippen molar-refractivity contribution in [2.75, 3.05) is 11.1 Å². The number of nitrogen functional groups attached to an aromatic ring is 1. The molecule has 1 aromatic heterocycles. The fraction of sp³-hybridized carbons (Fsp3) is 0.0909. The molecular weight excluding hydrogens is 272 g/mol. The first-order chi connectivity index (χ1) is 7.16. The number of anilines is 3. The Bertz CT molecular complexity index is 459. The van der Waals surface area contributed by atoms with Crippen LogP contribution in [0.25, 0.3) is 0 Å². The molecule has 2 nitrogen and oxygen atoms in total. The predicted octanol–water partition coefficient (Wildman–Crippen LogP) is 4.14. The van der Waals surface area contributed by atoms with Crippen LogP contribution >= 0.6 is 27.3 Å². The SMILES string of the molecule is Cc1cccc(N)c1Nc1cc(Br)cs1. The van der Waals surface area contributed by atoms with Crippen LogP contribution < -0.4 is 11.1 Å². The third-order valence-electron chi connectivity index (χ3n) is 2.12. The Morgan fingerprint density at radius 3 is 2.80 bits per heavy atom. The normalized spacial score (nSPS) is 10.3. The first kappa shape index (κ1) is 10.5. The largest absolute Gasteiger partial charge is 0.397 e. The topological polar surface area (TPSA) is 38.0 Å². The molecule has 0 unspecified atom stereocenters. The number of aryl methyl sites for hydroxylation is 1. The Hall–Kier alpha value is -1.000. The lowest BCUT2D eigenvalue weighted by Crippen LogP contribution is -1.96. The van der Waals surface area contributed by atoms with Gasteiger partial charge in [-0.05, 0) is 40.5 Å². The van der Waals surface area contributed by atoms with E-state index in [1.165, 1.54) is 0 Å². The van der Waals surface area contributed by atoms with Gasteiger partial charge >= 0.3 is 0 Å². The molecule has 1 heterocycles. The van der Waals surface area contributed by atoms with E-state index in [1.807, 2.05) is 36.6 Å². The second kappa shape index (κ2) is 4.24. The highest BCUT2D eigenvalue weighted by Gasteiger charge is 2.04. The molecule has 15 heavy (non-hydrogen) atoms. The van der Waals surface area contributed by atoms with Crippen LogP contribution in [-0.2, 0) is 0 Å². The summed E-state index contributed by atoms with van der Waals surface area (Å²) in [4.78, 5) is 0. The molecule has 0 radical (unpaired) electrons. The number of thiophene rings is 1.